The summed E-state index contributed by atoms with van der Waals surface area (Å²) in [5.41, 5.74) is 1.31. The van der Waals surface area contributed by atoms with Crippen molar-refractivity contribution in [2.45, 2.75) is 25.3 Å². The molecule has 7 nitrogen and oxygen atoms in total. The second kappa shape index (κ2) is 13.4. The van der Waals surface area contributed by atoms with E-state index in [2.05, 4.69) is 44.6 Å². The summed E-state index contributed by atoms with van der Waals surface area (Å²) in [5.74, 6) is 1.75. The fourth-order valence-corrected chi connectivity index (χ4v) is 3.71. The molecule has 0 spiro atoms. The Labute approximate surface area is 176 Å². The molecule has 0 aromatic heterocycles. The van der Waals surface area contributed by atoms with E-state index in [1.54, 1.807) is 14.2 Å². The maximum atomic E-state index is 5.32. The molecule has 164 valence electrons. The summed E-state index contributed by atoms with van der Waals surface area (Å²) in [7, 11) is 7.42. The molecule has 1 unspecified atom stereocenters. The van der Waals surface area contributed by atoms with Crippen molar-refractivity contribution < 1.29 is 9.47 Å². The van der Waals surface area contributed by atoms with E-state index < -0.39 is 0 Å². The van der Waals surface area contributed by atoms with E-state index in [9.17, 15) is 0 Å². The van der Waals surface area contributed by atoms with Crippen LogP contribution in [0.15, 0.2) is 29.3 Å². The summed E-state index contributed by atoms with van der Waals surface area (Å²) in [4.78, 5) is 9.27. The first-order valence-corrected chi connectivity index (χ1v) is 10.7. The quantitative estimate of drug-likeness (QED) is 0.315. The lowest BCUT2D eigenvalue weighted by molar-refractivity contribution is 0.180. The average Bonchev–Trinajstić information content (AvgIpc) is 3.28. The molecule has 1 saturated heterocycles. The van der Waals surface area contributed by atoms with Gasteiger partial charge in [-0.2, -0.15) is 0 Å². The Hall–Kier alpha value is -1.83. The molecule has 1 heterocycles. The van der Waals surface area contributed by atoms with Crippen LogP contribution in [0.1, 0.15) is 30.9 Å². The van der Waals surface area contributed by atoms with Gasteiger partial charge in [0.05, 0.1) is 13.2 Å². The highest BCUT2D eigenvalue weighted by molar-refractivity contribution is 5.79. The first-order valence-electron chi connectivity index (χ1n) is 10.7. The molecular formula is C22H39N5O2. The molecule has 7 heteroatoms. The Balaban J connectivity index is 1.84. The molecule has 2 rings (SSSR count). The Morgan fingerprint density at radius 1 is 1.14 bits per heavy atom. The van der Waals surface area contributed by atoms with E-state index >= 15 is 0 Å². The molecule has 0 radical (unpaired) electrons. The Morgan fingerprint density at radius 3 is 2.48 bits per heavy atom. The van der Waals surface area contributed by atoms with Crippen LogP contribution in [0.25, 0.3) is 0 Å². The third-order valence-electron chi connectivity index (χ3n) is 5.44. The van der Waals surface area contributed by atoms with E-state index in [0.29, 0.717) is 6.04 Å². The summed E-state index contributed by atoms with van der Waals surface area (Å²) < 4.78 is 10.4. The number of benzene rings is 1. The standard InChI is InChI=1S/C22H39N5O2/c1-23-22(24-12-16-26(2)13-7-17-28-3)25-18-21(27-14-5-6-15-27)19-8-10-20(29-4)11-9-19/h8-11,21H,5-7,12-18H2,1-4H3,(H2,23,24,25). The van der Waals surface area contributed by atoms with Crippen molar-refractivity contribution in [3.63, 3.8) is 0 Å². The third-order valence-corrected chi connectivity index (χ3v) is 5.44. The van der Waals surface area contributed by atoms with Gasteiger partial charge < -0.3 is 25.0 Å². The van der Waals surface area contributed by atoms with Gasteiger partial charge in [0.15, 0.2) is 5.96 Å². The van der Waals surface area contributed by atoms with Crippen molar-refractivity contribution in [3.8, 4) is 5.75 Å². The van der Waals surface area contributed by atoms with Gasteiger partial charge in [0.2, 0.25) is 0 Å². The van der Waals surface area contributed by atoms with E-state index in [0.717, 1.165) is 64.0 Å². The van der Waals surface area contributed by atoms with Crippen LogP contribution in [-0.4, -0.2) is 89.9 Å². The first kappa shape index (κ1) is 23.4. The van der Waals surface area contributed by atoms with Crippen LogP contribution in [0.4, 0.5) is 0 Å². The number of aliphatic imine (C=N–C) groups is 1. The molecule has 1 aromatic rings. The van der Waals surface area contributed by atoms with Gasteiger partial charge in [-0.25, -0.2) is 0 Å². The molecule has 1 aliphatic rings. The monoisotopic (exact) mass is 405 g/mol. The summed E-state index contributed by atoms with van der Waals surface area (Å²) >= 11 is 0. The lowest BCUT2D eigenvalue weighted by atomic mass is 10.1. The van der Waals surface area contributed by atoms with Gasteiger partial charge in [0, 0.05) is 46.9 Å². The summed E-state index contributed by atoms with van der Waals surface area (Å²) in [6.07, 6.45) is 3.60. The van der Waals surface area contributed by atoms with Crippen LogP contribution in [0.2, 0.25) is 0 Å². The lowest BCUT2D eigenvalue weighted by Crippen LogP contribution is -2.44. The second-order valence-electron chi connectivity index (χ2n) is 7.56. The van der Waals surface area contributed by atoms with E-state index in [1.807, 2.05) is 19.2 Å². The molecule has 1 fully saturated rings. The topological polar surface area (TPSA) is 61.4 Å². The fraction of sp³-hybridized carbons (Fsp3) is 0.682. The molecule has 0 bridgehead atoms. The van der Waals surface area contributed by atoms with Gasteiger partial charge in [-0.3, -0.25) is 9.89 Å². The number of rotatable bonds is 12. The van der Waals surface area contributed by atoms with Crippen LogP contribution in [-0.2, 0) is 4.74 Å². The zero-order chi connectivity index (χ0) is 20.9. The number of guanidine groups is 1. The zero-order valence-corrected chi connectivity index (χ0v) is 18.6. The van der Waals surface area contributed by atoms with Gasteiger partial charge in [0.25, 0.3) is 0 Å². The minimum atomic E-state index is 0.332. The van der Waals surface area contributed by atoms with E-state index in [4.69, 9.17) is 9.47 Å². The van der Waals surface area contributed by atoms with Crippen molar-refractivity contribution in [1.29, 1.82) is 0 Å². The van der Waals surface area contributed by atoms with Crippen LogP contribution >= 0.6 is 0 Å². The SMILES string of the molecule is CN=C(NCCN(C)CCCOC)NCC(c1ccc(OC)cc1)N1CCCC1. The van der Waals surface area contributed by atoms with Crippen LogP contribution in [0.5, 0.6) is 5.75 Å². The number of ether oxygens (including phenoxy) is 2. The fourth-order valence-electron chi connectivity index (χ4n) is 3.71. The number of hydrogen-bond donors (Lipinski definition) is 2. The molecule has 2 N–H and O–H groups in total. The predicted octanol–water partition coefficient (Wildman–Crippen LogP) is 1.97. The van der Waals surface area contributed by atoms with Crippen molar-refractivity contribution >= 4 is 5.96 Å². The zero-order valence-electron chi connectivity index (χ0n) is 18.6. The molecule has 1 aromatic carbocycles. The van der Waals surface area contributed by atoms with Gasteiger partial charge >= 0.3 is 0 Å². The van der Waals surface area contributed by atoms with Gasteiger partial charge in [-0.15, -0.1) is 0 Å². The molecule has 0 amide bonds. The summed E-state index contributed by atoms with van der Waals surface area (Å²) in [5, 5.41) is 6.96. The maximum absolute atomic E-state index is 5.32. The largest absolute Gasteiger partial charge is 0.497 e. The highest BCUT2D eigenvalue weighted by Gasteiger charge is 2.23. The van der Waals surface area contributed by atoms with Crippen molar-refractivity contribution in [2.75, 3.05) is 74.2 Å². The minimum absolute atomic E-state index is 0.332. The smallest absolute Gasteiger partial charge is 0.191 e. The highest BCUT2D eigenvalue weighted by atomic mass is 16.5. The molecule has 0 saturated carbocycles. The molecular weight excluding hydrogens is 366 g/mol. The first-order chi connectivity index (χ1) is 14.2. The Morgan fingerprint density at radius 2 is 1.86 bits per heavy atom. The van der Waals surface area contributed by atoms with Crippen molar-refractivity contribution in [1.82, 2.24) is 20.4 Å². The van der Waals surface area contributed by atoms with Gasteiger partial charge in [-0.1, -0.05) is 12.1 Å². The number of hydrogen-bond acceptors (Lipinski definition) is 5. The number of likely N-dealkylation sites (tertiary alicyclic amines) is 1. The second-order valence-corrected chi connectivity index (χ2v) is 7.56. The van der Waals surface area contributed by atoms with E-state index in [1.165, 1.54) is 18.4 Å². The molecule has 0 aliphatic carbocycles. The van der Waals surface area contributed by atoms with Crippen LogP contribution in [0.3, 0.4) is 0 Å². The van der Waals surface area contributed by atoms with Crippen LogP contribution < -0.4 is 15.4 Å². The number of methoxy groups -OCH3 is 2. The van der Waals surface area contributed by atoms with E-state index in [-0.39, 0.29) is 0 Å². The number of likely N-dealkylation sites (N-methyl/N-ethyl adjacent to an activating group) is 1. The van der Waals surface area contributed by atoms with Gasteiger partial charge in [-0.05, 0) is 57.1 Å². The minimum Gasteiger partial charge on any atom is -0.497 e. The molecule has 1 atom stereocenters. The summed E-state index contributed by atoms with van der Waals surface area (Å²) in [6, 6.07) is 8.78. The Bertz CT molecular complexity index is 587. The molecule has 1 aliphatic heterocycles. The Kier molecular flexibility index (Phi) is 10.8. The summed E-state index contributed by atoms with van der Waals surface area (Å²) in [6.45, 7) is 6.81. The van der Waals surface area contributed by atoms with Crippen molar-refractivity contribution in [3.05, 3.63) is 29.8 Å². The van der Waals surface area contributed by atoms with Crippen LogP contribution in [0, 0.1) is 0 Å². The molecule has 29 heavy (non-hydrogen) atoms. The normalized spacial score (nSPS) is 16.2. The third kappa shape index (κ3) is 8.20. The van der Waals surface area contributed by atoms with Gasteiger partial charge in [0.1, 0.15) is 5.75 Å². The maximum Gasteiger partial charge on any atom is 0.191 e. The van der Waals surface area contributed by atoms with Crippen molar-refractivity contribution in [2.24, 2.45) is 4.99 Å². The predicted molar refractivity (Wildman–Crippen MR) is 120 cm³/mol. The number of nitrogens with zero attached hydrogens (tertiary/aromatic N) is 3. The number of nitrogens with one attached hydrogen (secondary N) is 2. The average molecular weight is 406 g/mol. The highest BCUT2D eigenvalue weighted by Crippen LogP contribution is 2.26. The lowest BCUT2D eigenvalue weighted by Gasteiger charge is -2.29.